The molecule has 1 aliphatic rings. The van der Waals surface area contributed by atoms with Gasteiger partial charge in [0.2, 0.25) is 0 Å². The molecule has 9 nitrogen and oxygen atoms in total. The summed E-state index contributed by atoms with van der Waals surface area (Å²) < 4.78 is 29.2. The zero-order valence-electron chi connectivity index (χ0n) is 17.8. The van der Waals surface area contributed by atoms with Gasteiger partial charge in [-0.3, -0.25) is 9.59 Å². The minimum absolute atomic E-state index is 0.0138. The lowest BCUT2D eigenvalue weighted by molar-refractivity contribution is -0.118. The number of hydrogen-bond acceptors (Lipinski definition) is 6. The number of nitrogens with one attached hydrogen (secondary N) is 2. The molecule has 0 unspecified atom stereocenters. The second kappa shape index (κ2) is 10.9. The van der Waals surface area contributed by atoms with Crippen molar-refractivity contribution in [2.45, 2.75) is 19.4 Å². The Morgan fingerprint density at radius 3 is 2.61 bits per heavy atom. The molecule has 1 fully saturated rings. The van der Waals surface area contributed by atoms with Crippen LogP contribution in [0.4, 0.5) is 14.9 Å². The molecular formula is C22H23ClFN3O6. The van der Waals surface area contributed by atoms with Crippen molar-refractivity contribution in [1.82, 2.24) is 5.32 Å². The molecule has 33 heavy (non-hydrogen) atoms. The van der Waals surface area contributed by atoms with E-state index in [2.05, 4.69) is 15.4 Å². The van der Waals surface area contributed by atoms with Gasteiger partial charge in [0.15, 0.2) is 23.9 Å². The molecule has 4 N–H and O–H groups in total. The van der Waals surface area contributed by atoms with Crippen molar-refractivity contribution >= 4 is 35.2 Å². The van der Waals surface area contributed by atoms with Crippen molar-refractivity contribution in [2.24, 2.45) is 11.7 Å². The van der Waals surface area contributed by atoms with Crippen molar-refractivity contribution in [1.29, 1.82) is 0 Å². The number of rotatable bonds is 10. The van der Waals surface area contributed by atoms with E-state index in [1.165, 1.54) is 31.4 Å². The van der Waals surface area contributed by atoms with Gasteiger partial charge in [-0.25, -0.2) is 9.18 Å². The van der Waals surface area contributed by atoms with E-state index in [0.717, 1.165) is 12.8 Å². The van der Waals surface area contributed by atoms with Gasteiger partial charge < -0.3 is 30.6 Å². The highest BCUT2D eigenvalue weighted by molar-refractivity contribution is 6.34. The summed E-state index contributed by atoms with van der Waals surface area (Å²) in [5.74, 6) is -1.28. The van der Waals surface area contributed by atoms with Crippen LogP contribution < -0.4 is 25.8 Å². The van der Waals surface area contributed by atoms with Crippen LogP contribution in [0.3, 0.4) is 0 Å². The first-order valence-corrected chi connectivity index (χ1v) is 10.4. The van der Waals surface area contributed by atoms with Crippen LogP contribution in [-0.4, -0.2) is 38.2 Å². The summed E-state index contributed by atoms with van der Waals surface area (Å²) in [5, 5.41) is 5.31. The molecule has 1 aliphatic carbocycles. The van der Waals surface area contributed by atoms with E-state index in [9.17, 15) is 18.8 Å². The van der Waals surface area contributed by atoms with Gasteiger partial charge in [0.25, 0.3) is 11.8 Å². The number of anilines is 1. The van der Waals surface area contributed by atoms with Crippen LogP contribution in [0.15, 0.2) is 30.3 Å². The highest BCUT2D eigenvalue weighted by Gasteiger charge is 2.26. The first-order valence-electron chi connectivity index (χ1n) is 10.1. The lowest BCUT2D eigenvalue weighted by Gasteiger charge is -2.18. The monoisotopic (exact) mass is 479 g/mol. The SMILES string of the molecule is COc1ccc(CNC(=O)c2c(Cl)ccc(NC(=O)COC(N)=O)c2OCC2CC2)cc1F. The Balaban J connectivity index is 1.80. The Kier molecular flexibility index (Phi) is 7.94. The molecule has 2 aromatic carbocycles. The average molecular weight is 480 g/mol. The van der Waals surface area contributed by atoms with Crippen molar-refractivity contribution in [2.75, 3.05) is 25.6 Å². The molecule has 0 aromatic heterocycles. The minimum Gasteiger partial charge on any atom is -0.494 e. The molecule has 3 rings (SSSR count). The van der Waals surface area contributed by atoms with E-state index < -0.39 is 30.3 Å². The summed E-state index contributed by atoms with van der Waals surface area (Å²) in [6.45, 7) is -0.253. The Morgan fingerprint density at radius 1 is 1.21 bits per heavy atom. The topological polar surface area (TPSA) is 129 Å². The zero-order chi connectivity index (χ0) is 24.0. The lowest BCUT2D eigenvalue weighted by atomic mass is 10.1. The first-order chi connectivity index (χ1) is 15.8. The van der Waals surface area contributed by atoms with Crippen LogP contribution in [0.5, 0.6) is 11.5 Å². The van der Waals surface area contributed by atoms with Crippen LogP contribution in [0, 0.1) is 11.7 Å². The number of primary amides is 1. The predicted molar refractivity (Wildman–Crippen MR) is 118 cm³/mol. The van der Waals surface area contributed by atoms with Crippen molar-refractivity contribution in [3.05, 3.63) is 52.3 Å². The third kappa shape index (κ3) is 6.72. The average Bonchev–Trinajstić information content (AvgIpc) is 3.60. The number of carbonyl (C=O) groups excluding carboxylic acids is 3. The van der Waals surface area contributed by atoms with Gasteiger partial charge in [-0.1, -0.05) is 17.7 Å². The van der Waals surface area contributed by atoms with Crippen molar-refractivity contribution in [3.8, 4) is 11.5 Å². The first kappa shape index (κ1) is 24.1. The van der Waals surface area contributed by atoms with E-state index >= 15 is 0 Å². The minimum atomic E-state index is -1.10. The molecule has 176 valence electrons. The Morgan fingerprint density at radius 2 is 1.97 bits per heavy atom. The number of halogens is 2. The third-order valence-corrected chi connectivity index (χ3v) is 5.10. The second-order valence-electron chi connectivity index (χ2n) is 7.36. The van der Waals surface area contributed by atoms with Crippen molar-refractivity contribution < 1.29 is 33.0 Å². The van der Waals surface area contributed by atoms with Gasteiger partial charge in [-0.2, -0.15) is 0 Å². The molecular weight excluding hydrogens is 457 g/mol. The van der Waals surface area contributed by atoms with Gasteiger partial charge in [-0.15, -0.1) is 0 Å². The molecule has 0 bridgehead atoms. The summed E-state index contributed by atoms with van der Waals surface area (Å²) in [6.07, 6.45) is 0.903. The number of benzene rings is 2. The zero-order valence-corrected chi connectivity index (χ0v) is 18.5. The van der Waals surface area contributed by atoms with Crippen LogP contribution in [-0.2, 0) is 16.1 Å². The Labute approximate surface area is 194 Å². The molecule has 0 radical (unpaired) electrons. The smallest absolute Gasteiger partial charge is 0.405 e. The maximum Gasteiger partial charge on any atom is 0.405 e. The molecule has 0 saturated heterocycles. The summed E-state index contributed by atoms with van der Waals surface area (Å²) in [6, 6.07) is 7.23. The van der Waals surface area contributed by atoms with Crippen molar-refractivity contribution in [3.63, 3.8) is 0 Å². The van der Waals surface area contributed by atoms with Gasteiger partial charge in [0, 0.05) is 6.54 Å². The number of nitrogens with two attached hydrogens (primary N) is 1. The van der Waals surface area contributed by atoms with E-state index in [4.69, 9.17) is 26.8 Å². The molecule has 2 aromatic rings. The third-order valence-electron chi connectivity index (χ3n) is 4.78. The normalized spacial score (nSPS) is 12.6. The predicted octanol–water partition coefficient (Wildman–Crippen LogP) is 3.24. The van der Waals surface area contributed by atoms with Crippen LogP contribution in [0.1, 0.15) is 28.8 Å². The number of ether oxygens (including phenoxy) is 3. The highest BCUT2D eigenvalue weighted by atomic mass is 35.5. The standard InChI is InChI=1S/C22H23ClFN3O6/c1-31-17-7-4-13(8-15(17)24)9-26-21(29)19-14(23)5-6-16(20(19)32-10-12-2-3-12)27-18(28)11-33-22(25)30/h4-8,12H,2-3,9-11H2,1H3,(H2,25,30)(H,26,29)(H,27,28). The van der Waals surface area contributed by atoms with E-state index in [0.29, 0.717) is 18.1 Å². The summed E-state index contributed by atoms with van der Waals surface area (Å²) in [7, 11) is 1.36. The van der Waals surface area contributed by atoms with Gasteiger partial charge in [0.1, 0.15) is 5.56 Å². The number of hydrogen-bond donors (Lipinski definition) is 3. The van der Waals surface area contributed by atoms with E-state index in [1.54, 1.807) is 6.07 Å². The molecule has 0 aliphatic heterocycles. The maximum absolute atomic E-state index is 13.9. The molecule has 11 heteroatoms. The molecule has 3 amide bonds. The number of amides is 3. The molecule has 0 spiro atoms. The van der Waals surface area contributed by atoms with E-state index in [-0.39, 0.29) is 34.3 Å². The summed E-state index contributed by atoms with van der Waals surface area (Å²) >= 11 is 6.30. The van der Waals surface area contributed by atoms with Gasteiger partial charge in [0.05, 0.1) is 24.4 Å². The van der Waals surface area contributed by atoms with Gasteiger partial charge in [-0.05, 0) is 48.6 Å². The van der Waals surface area contributed by atoms with Crippen LogP contribution >= 0.6 is 11.6 Å². The lowest BCUT2D eigenvalue weighted by Crippen LogP contribution is -2.26. The Hall–Kier alpha value is -3.53. The molecule has 0 atom stereocenters. The summed E-state index contributed by atoms with van der Waals surface area (Å²) in [5.41, 5.74) is 5.57. The fourth-order valence-electron chi connectivity index (χ4n) is 2.92. The highest BCUT2D eigenvalue weighted by Crippen LogP contribution is 2.37. The van der Waals surface area contributed by atoms with Crippen LogP contribution in [0.25, 0.3) is 0 Å². The fraction of sp³-hybridized carbons (Fsp3) is 0.318. The summed E-state index contributed by atoms with van der Waals surface area (Å²) in [4.78, 5) is 35.8. The van der Waals surface area contributed by atoms with Gasteiger partial charge >= 0.3 is 6.09 Å². The second-order valence-corrected chi connectivity index (χ2v) is 7.77. The maximum atomic E-state index is 13.9. The number of carbonyl (C=O) groups is 3. The van der Waals surface area contributed by atoms with E-state index in [1.807, 2.05) is 0 Å². The number of methoxy groups -OCH3 is 1. The quantitative estimate of drug-likeness (QED) is 0.479. The fourth-order valence-corrected chi connectivity index (χ4v) is 3.15. The largest absolute Gasteiger partial charge is 0.494 e. The Bertz CT molecular complexity index is 1060. The molecule has 1 saturated carbocycles. The molecule has 0 heterocycles. The van der Waals surface area contributed by atoms with Crippen LogP contribution in [0.2, 0.25) is 5.02 Å².